The molecule has 1 aliphatic carbocycles. The van der Waals surface area contributed by atoms with Gasteiger partial charge in [-0.3, -0.25) is 4.79 Å². The van der Waals surface area contributed by atoms with Gasteiger partial charge in [-0.15, -0.1) is 0 Å². The zero-order valence-electron chi connectivity index (χ0n) is 15.4. The fourth-order valence-corrected chi connectivity index (χ4v) is 3.91. The molecule has 0 spiro atoms. The van der Waals surface area contributed by atoms with Crippen LogP contribution in [-0.4, -0.2) is 24.1 Å². The largest absolute Gasteiger partial charge is 0.508 e. The van der Waals surface area contributed by atoms with E-state index >= 15 is 0 Å². The maximum Gasteiger partial charge on any atom is 0.255 e. The summed E-state index contributed by atoms with van der Waals surface area (Å²) in [5.41, 5.74) is 3.06. The smallest absolute Gasteiger partial charge is 0.255 e. The van der Waals surface area contributed by atoms with E-state index in [9.17, 15) is 9.90 Å². The molecule has 140 valence electrons. The van der Waals surface area contributed by atoms with Crippen LogP contribution in [0.2, 0.25) is 0 Å². The first-order valence-electron chi connectivity index (χ1n) is 9.46. The summed E-state index contributed by atoms with van der Waals surface area (Å²) < 4.78 is 6.09. The van der Waals surface area contributed by atoms with Gasteiger partial charge < -0.3 is 20.2 Å². The Hall–Kier alpha value is -2.79. The summed E-state index contributed by atoms with van der Waals surface area (Å²) in [6.45, 7) is 0.709. The van der Waals surface area contributed by atoms with Crippen molar-refractivity contribution >= 4 is 16.9 Å². The number of hydrogen-bond acceptors (Lipinski definition) is 4. The summed E-state index contributed by atoms with van der Waals surface area (Å²) in [4.78, 5) is 12.7. The normalized spacial score (nSPS) is 14.7. The molecule has 0 saturated heterocycles. The second kappa shape index (κ2) is 7.45. The number of benzene rings is 2. The molecule has 3 N–H and O–H groups in total. The standard InChI is InChI=1S/C22H24N2O3/c1-23-22(26)20-19-15(13-24-16-6-2-3-7-16)5-4-8-18(19)27-21(20)14-9-11-17(25)12-10-14/h4-5,8-12,16,24-25H,2-3,6-7,13H2,1H3,(H,23,26). The first-order chi connectivity index (χ1) is 13.2. The van der Waals surface area contributed by atoms with Gasteiger partial charge in [0.15, 0.2) is 0 Å². The number of nitrogens with one attached hydrogen (secondary N) is 2. The van der Waals surface area contributed by atoms with Crippen molar-refractivity contribution < 1.29 is 14.3 Å². The van der Waals surface area contributed by atoms with E-state index < -0.39 is 0 Å². The van der Waals surface area contributed by atoms with Crippen LogP contribution in [0.1, 0.15) is 41.6 Å². The molecule has 5 nitrogen and oxygen atoms in total. The minimum absolute atomic E-state index is 0.176. The molecule has 0 radical (unpaired) electrons. The molecule has 1 aromatic heterocycles. The maximum absolute atomic E-state index is 12.7. The van der Waals surface area contributed by atoms with Gasteiger partial charge in [0.25, 0.3) is 5.91 Å². The summed E-state index contributed by atoms with van der Waals surface area (Å²) in [6.07, 6.45) is 4.98. The van der Waals surface area contributed by atoms with E-state index in [1.807, 2.05) is 18.2 Å². The molecule has 5 heteroatoms. The lowest BCUT2D eigenvalue weighted by Gasteiger charge is -2.12. The lowest BCUT2D eigenvalue weighted by Crippen LogP contribution is -2.25. The molecular weight excluding hydrogens is 340 g/mol. The predicted molar refractivity (Wildman–Crippen MR) is 106 cm³/mol. The van der Waals surface area contributed by atoms with Crippen molar-refractivity contribution in [2.45, 2.75) is 38.3 Å². The van der Waals surface area contributed by atoms with Crippen LogP contribution in [0, 0.1) is 0 Å². The first kappa shape index (κ1) is 17.6. The Balaban J connectivity index is 1.80. The lowest BCUT2D eigenvalue weighted by molar-refractivity contribution is 0.0964. The van der Waals surface area contributed by atoms with Gasteiger partial charge in [0.05, 0.1) is 5.56 Å². The maximum atomic E-state index is 12.7. The average molecular weight is 364 g/mol. The number of hydrogen-bond donors (Lipinski definition) is 3. The van der Waals surface area contributed by atoms with Crippen molar-refractivity contribution in [2.24, 2.45) is 0 Å². The third kappa shape index (κ3) is 3.43. The Bertz CT molecular complexity index is 954. The molecule has 2 aromatic carbocycles. The summed E-state index contributed by atoms with van der Waals surface area (Å²) in [7, 11) is 1.63. The van der Waals surface area contributed by atoms with Crippen molar-refractivity contribution in [1.82, 2.24) is 10.6 Å². The molecule has 1 heterocycles. The molecular formula is C22H24N2O3. The van der Waals surface area contributed by atoms with Gasteiger partial charge in [-0.05, 0) is 48.7 Å². The molecule has 1 fully saturated rings. The summed E-state index contributed by atoms with van der Waals surface area (Å²) in [5, 5.41) is 16.8. The van der Waals surface area contributed by atoms with Gasteiger partial charge in [-0.1, -0.05) is 25.0 Å². The average Bonchev–Trinajstić information content (AvgIpc) is 3.34. The SMILES string of the molecule is CNC(=O)c1c(-c2ccc(O)cc2)oc2cccc(CNC3CCCC3)c12. The van der Waals surface area contributed by atoms with Gasteiger partial charge in [-0.2, -0.15) is 0 Å². The van der Waals surface area contributed by atoms with Crippen molar-refractivity contribution in [3.05, 3.63) is 53.6 Å². The number of carbonyl (C=O) groups is 1. The van der Waals surface area contributed by atoms with Crippen molar-refractivity contribution in [3.8, 4) is 17.1 Å². The number of carbonyl (C=O) groups excluding carboxylic acids is 1. The van der Waals surface area contributed by atoms with Crippen molar-refractivity contribution in [1.29, 1.82) is 0 Å². The zero-order valence-corrected chi connectivity index (χ0v) is 15.4. The van der Waals surface area contributed by atoms with Crippen LogP contribution >= 0.6 is 0 Å². The fraction of sp³-hybridized carbons (Fsp3) is 0.318. The molecule has 1 saturated carbocycles. The molecule has 0 unspecified atom stereocenters. The Morgan fingerprint density at radius 1 is 1.15 bits per heavy atom. The molecule has 4 rings (SSSR count). The Morgan fingerprint density at radius 3 is 2.59 bits per heavy atom. The van der Waals surface area contributed by atoms with Crippen LogP contribution in [0.25, 0.3) is 22.3 Å². The van der Waals surface area contributed by atoms with Gasteiger partial charge in [0.1, 0.15) is 17.1 Å². The van der Waals surface area contributed by atoms with E-state index in [-0.39, 0.29) is 11.7 Å². The second-order valence-corrected chi connectivity index (χ2v) is 7.08. The minimum atomic E-state index is -0.176. The summed E-state index contributed by atoms with van der Waals surface area (Å²) >= 11 is 0. The number of aromatic hydroxyl groups is 1. The highest BCUT2D eigenvalue weighted by Gasteiger charge is 2.24. The summed E-state index contributed by atoms with van der Waals surface area (Å²) in [5.74, 6) is 0.528. The Kier molecular flexibility index (Phi) is 4.86. The van der Waals surface area contributed by atoms with Gasteiger partial charge in [0, 0.05) is 30.6 Å². The molecule has 0 bridgehead atoms. The Labute approximate surface area is 158 Å². The lowest BCUT2D eigenvalue weighted by atomic mass is 10.0. The zero-order chi connectivity index (χ0) is 18.8. The molecule has 27 heavy (non-hydrogen) atoms. The monoisotopic (exact) mass is 364 g/mol. The minimum Gasteiger partial charge on any atom is -0.508 e. The highest BCUT2D eigenvalue weighted by Crippen LogP contribution is 2.36. The number of phenolic OH excluding ortho intramolecular Hbond substituents is 1. The number of amides is 1. The van der Waals surface area contributed by atoms with Crippen LogP contribution in [0.5, 0.6) is 5.75 Å². The number of fused-ring (bicyclic) bond motifs is 1. The van der Waals surface area contributed by atoms with Crippen LogP contribution in [0.15, 0.2) is 46.9 Å². The van der Waals surface area contributed by atoms with Crippen molar-refractivity contribution in [2.75, 3.05) is 7.05 Å². The highest BCUT2D eigenvalue weighted by atomic mass is 16.3. The van der Waals surface area contributed by atoms with E-state index in [4.69, 9.17) is 4.42 Å². The van der Waals surface area contributed by atoms with Gasteiger partial charge in [0.2, 0.25) is 0 Å². The topological polar surface area (TPSA) is 74.5 Å². The van der Waals surface area contributed by atoms with Gasteiger partial charge >= 0.3 is 0 Å². The van der Waals surface area contributed by atoms with Gasteiger partial charge in [-0.25, -0.2) is 0 Å². The van der Waals surface area contributed by atoms with Crippen LogP contribution in [0.4, 0.5) is 0 Å². The van der Waals surface area contributed by atoms with E-state index in [1.54, 1.807) is 31.3 Å². The number of furan rings is 1. The second-order valence-electron chi connectivity index (χ2n) is 7.08. The number of rotatable bonds is 5. The first-order valence-corrected chi connectivity index (χ1v) is 9.46. The highest BCUT2D eigenvalue weighted by molar-refractivity contribution is 6.12. The van der Waals surface area contributed by atoms with Crippen LogP contribution < -0.4 is 10.6 Å². The fourth-order valence-electron chi connectivity index (χ4n) is 3.91. The molecule has 0 aliphatic heterocycles. The third-order valence-electron chi connectivity index (χ3n) is 5.32. The summed E-state index contributed by atoms with van der Waals surface area (Å²) in [6, 6.07) is 13.2. The third-order valence-corrected chi connectivity index (χ3v) is 5.32. The Morgan fingerprint density at radius 2 is 1.89 bits per heavy atom. The van der Waals surface area contributed by atoms with E-state index in [1.165, 1.54) is 25.7 Å². The molecule has 1 aliphatic rings. The number of phenols is 1. The molecule has 3 aromatic rings. The molecule has 0 atom stereocenters. The van der Waals surface area contributed by atoms with Crippen LogP contribution in [-0.2, 0) is 6.54 Å². The van der Waals surface area contributed by atoms with Crippen molar-refractivity contribution in [3.63, 3.8) is 0 Å². The quantitative estimate of drug-likeness (QED) is 0.634. The van der Waals surface area contributed by atoms with E-state index in [0.29, 0.717) is 29.5 Å². The van der Waals surface area contributed by atoms with E-state index in [0.717, 1.165) is 16.5 Å². The van der Waals surface area contributed by atoms with Crippen LogP contribution in [0.3, 0.4) is 0 Å². The predicted octanol–water partition coefficient (Wildman–Crippen LogP) is 4.20. The molecule has 1 amide bonds. The van der Waals surface area contributed by atoms with E-state index in [2.05, 4.69) is 10.6 Å².